The quantitative estimate of drug-likeness (QED) is 0.632. The van der Waals surface area contributed by atoms with Crippen molar-refractivity contribution in [3.8, 4) is 11.5 Å². The molecule has 0 saturated heterocycles. The third-order valence-electron chi connectivity index (χ3n) is 2.61. The molecule has 0 radical (unpaired) electrons. The molecule has 0 fully saturated rings. The van der Waals surface area contributed by atoms with Crippen LogP contribution in [0, 0.1) is 3.57 Å². The molecule has 3 aromatic rings. The Labute approximate surface area is 117 Å². The first kappa shape index (κ1) is 11.4. The Balaban J connectivity index is 2.29. The standard InChI is InChI=1S/C14H8INO2/c15-10-6-7-12-11(8-10)14(17)18-13(16-12)9-4-2-1-3-5-9/h1-8H. The summed E-state index contributed by atoms with van der Waals surface area (Å²) in [5.74, 6) is 0.356. The molecule has 4 heteroatoms. The summed E-state index contributed by atoms with van der Waals surface area (Å²) in [6, 6.07) is 14.9. The highest BCUT2D eigenvalue weighted by atomic mass is 127. The molecule has 1 aromatic heterocycles. The van der Waals surface area contributed by atoms with E-state index in [1.165, 1.54) is 0 Å². The van der Waals surface area contributed by atoms with Crippen molar-refractivity contribution in [1.29, 1.82) is 0 Å². The van der Waals surface area contributed by atoms with E-state index in [9.17, 15) is 4.79 Å². The van der Waals surface area contributed by atoms with E-state index in [2.05, 4.69) is 27.6 Å². The summed E-state index contributed by atoms with van der Waals surface area (Å²) in [5, 5.41) is 0.515. The zero-order chi connectivity index (χ0) is 12.5. The lowest BCUT2D eigenvalue weighted by atomic mass is 10.2. The second-order valence-corrected chi connectivity index (χ2v) is 5.08. The molecule has 0 atom stereocenters. The first-order chi connectivity index (χ1) is 8.74. The maximum absolute atomic E-state index is 11.9. The van der Waals surface area contributed by atoms with Crippen molar-refractivity contribution in [2.75, 3.05) is 0 Å². The van der Waals surface area contributed by atoms with Gasteiger partial charge in [-0.05, 0) is 52.9 Å². The van der Waals surface area contributed by atoms with Gasteiger partial charge in [-0.15, -0.1) is 0 Å². The number of fused-ring (bicyclic) bond motifs is 1. The van der Waals surface area contributed by atoms with Crippen LogP contribution in [0.4, 0.5) is 0 Å². The molecule has 1 heterocycles. The highest BCUT2D eigenvalue weighted by Gasteiger charge is 2.08. The van der Waals surface area contributed by atoms with Gasteiger partial charge in [0, 0.05) is 9.13 Å². The van der Waals surface area contributed by atoms with Crippen molar-refractivity contribution in [3.63, 3.8) is 0 Å². The summed E-state index contributed by atoms with van der Waals surface area (Å²) in [6.07, 6.45) is 0. The summed E-state index contributed by atoms with van der Waals surface area (Å²) in [6.45, 7) is 0. The SMILES string of the molecule is O=c1oc(-c2ccccc2)nc2ccc(I)cc12. The molecule has 0 bridgehead atoms. The summed E-state index contributed by atoms with van der Waals surface area (Å²) in [7, 11) is 0. The molecule has 0 aliphatic heterocycles. The minimum atomic E-state index is -0.350. The van der Waals surface area contributed by atoms with Crippen LogP contribution in [0.5, 0.6) is 0 Å². The van der Waals surface area contributed by atoms with Crippen molar-refractivity contribution in [2.24, 2.45) is 0 Å². The van der Waals surface area contributed by atoms with E-state index in [-0.39, 0.29) is 5.63 Å². The number of aromatic nitrogens is 1. The topological polar surface area (TPSA) is 43.1 Å². The molecule has 2 aromatic carbocycles. The first-order valence-corrected chi connectivity index (χ1v) is 6.48. The van der Waals surface area contributed by atoms with E-state index < -0.39 is 0 Å². The molecule has 0 unspecified atom stereocenters. The monoisotopic (exact) mass is 349 g/mol. The van der Waals surface area contributed by atoms with Crippen molar-refractivity contribution < 1.29 is 4.42 Å². The minimum absolute atomic E-state index is 0.350. The van der Waals surface area contributed by atoms with Gasteiger partial charge in [0.2, 0.25) is 5.89 Å². The van der Waals surface area contributed by atoms with Crippen LogP contribution in [-0.2, 0) is 0 Å². The van der Waals surface area contributed by atoms with Gasteiger partial charge >= 0.3 is 5.63 Å². The Morgan fingerprint density at radius 3 is 2.61 bits per heavy atom. The lowest BCUT2D eigenvalue weighted by Crippen LogP contribution is -2.03. The van der Waals surface area contributed by atoms with Gasteiger partial charge < -0.3 is 4.42 Å². The van der Waals surface area contributed by atoms with Crippen molar-refractivity contribution in [1.82, 2.24) is 4.98 Å². The number of hydrogen-bond donors (Lipinski definition) is 0. The summed E-state index contributed by atoms with van der Waals surface area (Å²) < 4.78 is 6.25. The molecule has 0 saturated carbocycles. The number of halogens is 1. The maximum Gasteiger partial charge on any atom is 0.347 e. The largest absolute Gasteiger partial charge is 0.403 e. The Morgan fingerprint density at radius 2 is 1.83 bits per heavy atom. The molecule has 88 valence electrons. The summed E-state index contributed by atoms with van der Waals surface area (Å²) in [5.41, 5.74) is 1.11. The molecular weight excluding hydrogens is 341 g/mol. The van der Waals surface area contributed by atoms with Crippen LogP contribution in [0.15, 0.2) is 57.7 Å². The van der Waals surface area contributed by atoms with Crippen LogP contribution in [0.2, 0.25) is 0 Å². The normalized spacial score (nSPS) is 10.7. The van der Waals surface area contributed by atoms with Crippen LogP contribution >= 0.6 is 22.6 Å². The van der Waals surface area contributed by atoms with Gasteiger partial charge in [0.15, 0.2) is 0 Å². The van der Waals surface area contributed by atoms with E-state index in [1.807, 2.05) is 42.5 Å². The second-order valence-electron chi connectivity index (χ2n) is 3.83. The predicted octanol–water partition coefficient (Wildman–Crippen LogP) is 3.46. The minimum Gasteiger partial charge on any atom is -0.403 e. The van der Waals surface area contributed by atoms with Crippen molar-refractivity contribution >= 4 is 33.5 Å². The van der Waals surface area contributed by atoms with Crippen LogP contribution in [0.3, 0.4) is 0 Å². The summed E-state index contributed by atoms with van der Waals surface area (Å²) >= 11 is 2.16. The number of hydrogen-bond acceptors (Lipinski definition) is 3. The molecular formula is C14H8INO2. The van der Waals surface area contributed by atoms with Gasteiger partial charge in [-0.1, -0.05) is 18.2 Å². The zero-order valence-corrected chi connectivity index (χ0v) is 11.4. The van der Waals surface area contributed by atoms with Crippen LogP contribution < -0.4 is 5.63 Å². The lowest BCUT2D eigenvalue weighted by Gasteiger charge is -2.01. The maximum atomic E-state index is 11.9. The highest BCUT2D eigenvalue weighted by Crippen LogP contribution is 2.19. The van der Waals surface area contributed by atoms with Gasteiger partial charge in [0.05, 0.1) is 10.9 Å². The van der Waals surface area contributed by atoms with Crippen LogP contribution in [0.1, 0.15) is 0 Å². The van der Waals surface area contributed by atoms with Crippen molar-refractivity contribution in [2.45, 2.75) is 0 Å². The summed E-state index contributed by atoms with van der Waals surface area (Å²) in [4.78, 5) is 16.3. The van der Waals surface area contributed by atoms with E-state index in [0.717, 1.165) is 9.13 Å². The van der Waals surface area contributed by atoms with Crippen molar-refractivity contribution in [3.05, 3.63) is 62.5 Å². The predicted molar refractivity (Wildman–Crippen MR) is 78.4 cm³/mol. The van der Waals surface area contributed by atoms with Crippen LogP contribution in [0.25, 0.3) is 22.4 Å². The molecule has 0 aliphatic carbocycles. The molecule has 18 heavy (non-hydrogen) atoms. The van der Waals surface area contributed by atoms with Gasteiger partial charge in [0.1, 0.15) is 0 Å². The Hall–Kier alpha value is -1.69. The fourth-order valence-electron chi connectivity index (χ4n) is 1.75. The van der Waals surface area contributed by atoms with E-state index in [0.29, 0.717) is 16.8 Å². The molecule has 0 amide bonds. The van der Waals surface area contributed by atoms with E-state index in [4.69, 9.17) is 4.42 Å². The van der Waals surface area contributed by atoms with E-state index >= 15 is 0 Å². The molecule has 3 rings (SSSR count). The zero-order valence-electron chi connectivity index (χ0n) is 9.26. The number of nitrogens with zero attached hydrogens (tertiary/aromatic N) is 1. The third kappa shape index (κ3) is 2.03. The molecule has 3 nitrogen and oxygen atoms in total. The Bertz CT molecular complexity index is 766. The number of benzene rings is 2. The fraction of sp³-hybridized carbons (Fsp3) is 0. The smallest absolute Gasteiger partial charge is 0.347 e. The van der Waals surface area contributed by atoms with Gasteiger partial charge in [-0.3, -0.25) is 0 Å². The molecule has 0 aliphatic rings. The molecule has 0 spiro atoms. The lowest BCUT2D eigenvalue weighted by molar-refractivity contribution is 0.518. The van der Waals surface area contributed by atoms with Crippen LogP contribution in [-0.4, -0.2) is 4.98 Å². The highest BCUT2D eigenvalue weighted by molar-refractivity contribution is 14.1. The van der Waals surface area contributed by atoms with Gasteiger partial charge in [-0.25, -0.2) is 9.78 Å². The van der Waals surface area contributed by atoms with Gasteiger partial charge in [-0.2, -0.15) is 0 Å². The Morgan fingerprint density at radius 1 is 1.06 bits per heavy atom. The number of rotatable bonds is 1. The molecule has 0 N–H and O–H groups in total. The average molecular weight is 349 g/mol. The van der Waals surface area contributed by atoms with Gasteiger partial charge in [0.25, 0.3) is 0 Å². The second kappa shape index (κ2) is 4.53. The fourth-order valence-corrected chi connectivity index (χ4v) is 2.24. The third-order valence-corrected chi connectivity index (χ3v) is 3.28. The first-order valence-electron chi connectivity index (χ1n) is 5.40. The Kier molecular flexibility index (Phi) is 2.87. The average Bonchev–Trinajstić information content (AvgIpc) is 2.40. The van der Waals surface area contributed by atoms with E-state index in [1.54, 1.807) is 6.07 Å².